The summed E-state index contributed by atoms with van der Waals surface area (Å²) in [4.78, 5) is 23.6. The number of hydrogen-bond donors (Lipinski definition) is 2. The Balaban J connectivity index is 1.66. The average Bonchev–Trinajstić information content (AvgIpc) is 3.31. The van der Waals surface area contributed by atoms with Crippen LogP contribution in [0.1, 0.15) is 19.1 Å². The van der Waals surface area contributed by atoms with Gasteiger partial charge in [0.05, 0.1) is 11.8 Å². The van der Waals surface area contributed by atoms with Gasteiger partial charge in [-0.25, -0.2) is 0 Å². The largest absolute Gasteiger partial charge is 0.493 e. The quantitative estimate of drug-likeness (QED) is 0.480. The van der Waals surface area contributed by atoms with Crippen LogP contribution in [0.2, 0.25) is 0 Å². The Morgan fingerprint density at radius 1 is 1.25 bits per heavy atom. The van der Waals surface area contributed by atoms with Gasteiger partial charge in [0.1, 0.15) is 12.3 Å². The highest BCUT2D eigenvalue weighted by atomic mass is 16.3. The van der Waals surface area contributed by atoms with Crippen LogP contribution in [0, 0.1) is 0 Å². The van der Waals surface area contributed by atoms with E-state index in [9.17, 15) is 14.7 Å². The van der Waals surface area contributed by atoms with E-state index in [2.05, 4.69) is 15.5 Å². The molecule has 1 aromatic carbocycles. The van der Waals surface area contributed by atoms with E-state index in [4.69, 9.17) is 4.42 Å². The van der Waals surface area contributed by atoms with Crippen LogP contribution in [0.3, 0.4) is 0 Å². The van der Waals surface area contributed by atoms with Gasteiger partial charge in [-0.15, -0.1) is 10.2 Å². The first kappa shape index (κ1) is 19.1. The molecule has 144 valence electrons. The predicted molar refractivity (Wildman–Crippen MR) is 104 cm³/mol. The molecule has 0 unspecified atom stereocenters. The van der Waals surface area contributed by atoms with Crippen molar-refractivity contribution in [2.45, 2.75) is 19.9 Å². The van der Waals surface area contributed by atoms with E-state index in [-0.39, 0.29) is 18.1 Å². The first-order valence-electron chi connectivity index (χ1n) is 8.84. The molecule has 28 heavy (non-hydrogen) atoms. The van der Waals surface area contributed by atoms with Gasteiger partial charge >= 0.3 is 0 Å². The van der Waals surface area contributed by atoms with Gasteiger partial charge in [-0.3, -0.25) is 9.59 Å². The molecular formula is C20H20N4O4. The van der Waals surface area contributed by atoms with Crippen LogP contribution >= 0.6 is 0 Å². The predicted octanol–water partition coefficient (Wildman–Crippen LogP) is 3.79. The van der Waals surface area contributed by atoms with Crippen LogP contribution in [-0.4, -0.2) is 28.0 Å². The average molecular weight is 380 g/mol. The summed E-state index contributed by atoms with van der Waals surface area (Å²) in [7, 11) is 0. The third-order valence-corrected chi connectivity index (χ3v) is 3.98. The number of amides is 2. The number of furan rings is 1. The third-order valence-electron chi connectivity index (χ3n) is 3.98. The maximum absolute atomic E-state index is 11.9. The van der Waals surface area contributed by atoms with E-state index in [0.717, 1.165) is 11.9 Å². The number of nitrogens with zero attached hydrogens (tertiary/aromatic N) is 3. The number of azo groups is 1. The van der Waals surface area contributed by atoms with Crippen molar-refractivity contribution in [3.05, 3.63) is 54.5 Å². The fourth-order valence-corrected chi connectivity index (χ4v) is 2.73. The van der Waals surface area contributed by atoms with Crippen molar-refractivity contribution in [2.24, 2.45) is 10.2 Å². The summed E-state index contributed by atoms with van der Waals surface area (Å²) in [5, 5.41) is 21.1. The van der Waals surface area contributed by atoms with Crippen molar-refractivity contribution in [3.63, 3.8) is 0 Å². The molecule has 8 nitrogen and oxygen atoms in total. The normalized spacial score (nSPS) is 11.6. The van der Waals surface area contributed by atoms with Gasteiger partial charge in [-0.2, -0.15) is 0 Å². The molecule has 8 heteroatoms. The number of benzene rings is 1. The zero-order valence-electron chi connectivity index (χ0n) is 15.3. The fraction of sp³-hybridized carbons (Fsp3) is 0.200. The molecule has 0 radical (unpaired) electrons. The highest BCUT2D eigenvalue weighted by Gasteiger charge is 2.16. The third kappa shape index (κ3) is 4.35. The van der Waals surface area contributed by atoms with Crippen LogP contribution in [0.25, 0.3) is 17.0 Å². The Morgan fingerprint density at radius 2 is 2.07 bits per heavy atom. The number of carbonyl (C=O) groups excluding carboxylic acids is 2. The van der Waals surface area contributed by atoms with E-state index < -0.39 is 11.8 Å². The van der Waals surface area contributed by atoms with Crippen LogP contribution < -0.4 is 5.32 Å². The minimum atomic E-state index is -0.633. The van der Waals surface area contributed by atoms with Crippen molar-refractivity contribution in [1.82, 2.24) is 9.88 Å². The summed E-state index contributed by atoms with van der Waals surface area (Å²) < 4.78 is 6.80. The zero-order chi connectivity index (χ0) is 19.9. The van der Waals surface area contributed by atoms with Crippen molar-refractivity contribution in [3.8, 4) is 5.88 Å². The molecule has 0 aliphatic carbocycles. The van der Waals surface area contributed by atoms with Gasteiger partial charge in [-0.1, -0.05) is 25.1 Å². The summed E-state index contributed by atoms with van der Waals surface area (Å²) in [6, 6.07) is 10.8. The van der Waals surface area contributed by atoms with Crippen molar-refractivity contribution < 1.29 is 19.1 Å². The molecule has 2 N–H and O–H groups in total. The van der Waals surface area contributed by atoms with Gasteiger partial charge in [0, 0.05) is 18.0 Å². The first-order chi connectivity index (χ1) is 13.6. The summed E-state index contributed by atoms with van der Waals surface area (Å²) in [5.74, 6) is -0.598. The van der Waals surface area contributed by atoms with Crippen LogP contribution in [-0.2, 0) is 16.1 Å². The first-order valence-corrected chi connectivity index (χ1v) is 8.84. The standard InChI is InChI=1S/C20H20N4O4/c1-2-11-24-16-8-4-3-7-15(16)19(20(24)27)23-22-18(26)13-21-17(25)10-9-14-6-5-12-28-14/h3-10,12,27H,2,11,13H2,1H3,(H,21,25)/b10-9+,23-22?. The fourth-order valence-electron chi connectivity index (χ4n) is 2.73. The minimum absolute atomic E-state index is 0.0370. The maximum atomic E-state index is 11.9. The Bertz CT molecular complexity index is 1030. The number of aryl methyl sites for hydroxylation is 1. The summed E-state index contributed by atoms with van der Waals surface area (Å²) >= 11 is 0. The number of nitrogens with one attached hydrogen (secondary N) is 1. The second-order valence-corrected chi connectivity index (χ2v) is 6.00. The van der Waals surface area contributed by atoms with Crippen molar-refractivity contribution in [2.75, 3.05) is 6.54 Å². The van der Waals surface area contributed by atoms with E-state index in [1.807, 2.05) is 25.1 Å². The number of rotatable bonds is 7. The summed E-state index contributed by atoms with van der Waals surface area (Å²) in [6.07, 6.45) is 5.07. The number of para-hydroxylation sites is 1. The molecule has 0 aliphatic heterocycles. The molecule has 0 aliphatic rings. The lowest BCUT2D eigenvalue weighted by molar-refractivity contribution is -0.122. The topological polar surface area (TPSA) is 109 Å². The molecule has 0 atom stereocenters. The monoisotopic (exact) mass is 380 g/mol. The van der Waals surface area contributed by atoms with Gasteiger partial charge in [0.25, 0.3) is 5.91 Å². The lowest BCUT2D eigenvalue weighted by Crippen LogP contribution is -2.26. The number of fused-ring (bicyclic) bond motifs is 1. The highest BCUT2D eigenvalue weighted by molar-refractivity contribution is 5.96. The molecule has 0 saturated heterocycles. The van der Waals surface area contributed by atoms with E-state index >= 15 is 0 Å². The molecule has 0 spiro atoms. The SMILES string of the molecule is CCCn1c(O)c(N=NC(=O)CNC(=O)/C=C/c2ccco2)c2ccccc21. The lowest BCUT2D eigenvalue weighted by Gasteiger charge is -2.03. The minimum Gasteiger partial charge on any atom is -0.493 e. The molecule has 0 fully saturated rings. The number of hydrogen-bond acceptors (Lipinski definition) is 5. The van der Waals surface area contributed by atoms with Gasteiger partial charge in [-0.05, 0) is 30.7 Å². The maximum Gasteiger partial charge on any atom is 0.283 e. The molecule has 3 rings (SSSR count). The Labute approximate surface area is 161 Å². The van der Waals surface area contributed by atoms with Gasteiger partial charge < -0.3 is 19.4 Å². The molecule has 2 amide bonds. The number of aromatic nitrogens is 1. The van der Waals surface area contributed by atoms with Crippen LogP contribution in [0.4, 0.5) is 5.69 Å². The molecule has 0 bridgehead atoms. The van der Waals surface area contributed by atoms with E-state index in [1.54, 1.807) is 22.8 Å². The molecular weight excluding hydrogens is 360 g/mol. The Hall–Kier alpha value is -3.68. The molecule has 2 aromatic heterocycles. The highest BCUT2D eigenvalue weighted by Crippen LogP contribution is 2.38. The summed E-state index contributed by atoms with van der Waals surface area (Å²) in [5.41, 5.74) is 1.06. The molecule has 2 heterocycles. The summed E-state index contributed by atoms with van der Waals surface area (Å²) in [6.45, 7) is 2.31. The van der Waals surface area contributed by atoms with Crippen LogP contribution in [0.15, 0.2) is 63.4 Å². The van der Waals surface area contributed by atoms with Crippen molar-refractivity contribution in [1.29, 1.82) is 0 Å². The Morgan fingerprint density at radius 3 is 2.82 bits per heavy atom. The van der Waals surface area contributed by atoms with Gasteiger partial charge in [0.2, 0.25) is 11.8 Å². The van der Waals surface area contributed by atoms with Gasteiger partial charge in [0.15, 0.2) is 5.69 Å². The molecule has 3 aromatic rings. The number of carbonyl (C=O) groups is 2. The second-order valence-electron chi connectivity index (χ2n) is 6.00. The Kier molecular flexibility index (Phi) is 6.01. The second kappa shape index (κ2) is 8.81. The van der Waals surface area contributed by atoms with Crippen molar-refractivity contribution >= 4 is 34.5 Å². The van der Waals surface area contributed by atoms with E-state index in [0.29, 0.717) is 17.7 Å². The lowest BCUT2D eigenvalue weighted by atomic mass is 10.2. The smallest absolute Gasteiger partial charge is 0.283 e. The molecule has 0 saturated carbocycles. The van der Waals surface area contributed by atoms with Crippen LogP contribution in [0.5, 0.6) is 5.88 Å². The van der Waals surface area contributed by atoms with E-state index in [1.165, 1.54) is 18.4 Å². The number of aromatic hydroxyl groups is 1. The zero-order valence-corrected chi connectivity index (χ0v) is 15.3.